The maximum atomic E-state index is 12.2. The Morgan fingerprint density at radius 1 is 1.19 bits per heavy atom. The zero-order valence-electron chi connectivity index (χ0n) is 12.1. The average molecular weight is 303 g/mol. The number of carbonyl (C=O) groups is 1. The number of halogens is 1. The third-order valence-electron chi connectivity index (χ3n) is 3.40. The quantitative estimate of drug-likeness (QED) is 0.760. The second-order valence-electron chi connectivity index (χ2n) is 5.02. The molecule has 21 heavy (non-hydrogen) atoms. The van der Waals surface area contributed by atoms with E-state index in [-0.39, 0.29) is 5.91 Å². The van der Waals surface area contributed by atoms with Crippen molar-refractivity contribution in [1.29, 1.82) is 0 Å². The van der Waals surface area contributed by atoms with Crippen LogP contribution in [0.3, 0.4) is 0 Å². The smallest absolute Gasteiger partial charge is 0.256 e. The predicted octanol–water partition coefficient (Wildman–Crippen LogP) is 3.83. The second-order valence-corrected chi connectivity index (χ2v) is 5.43. The number of aromatic nitrogens is 1. The Bertz CT molecular complexity index is 586. The van der Waals surface area contributed by atoms with Crippen LogP contribution in [0.15, 0.2) is 48.8 Å². The molecule has 1 aromatic heterocycles. The van der Waals surface area contributed by atoms with Crippen LogP contribution < -0.4 is 0 Å². The van der Waals surface area contributed by atoms with Gasteiger partial charge in [-0.05, 0) is 30.9 Å². The zero-order valence-corrected chi connectivity index (χ0v) is 12.9. The van der Waals surface area contributed by atoms with Crippen LogP contribution in [0.4, 0.5) is 0 Å². The SMILES string of the molecule is CN(CCCCc1ccccc1)C(=O)c1cnccc1Cl. The molecule has 0 N–H and O–H groups in total. The molecule has 0 aliphatic carbocycles. The summed E-state index contributed by atoms with van der Waals surface area (Å²) < 4.78 is 0. The Balaban J connectivity index is 1.78. The molecule has 0 unspecified atom stereocenters. The molecule has 0 saturated carbocycles. The van der Waals surface area contributed by atoms with E-state index in [4.69, 9.17) is 11.6 Å². The molecular weight excluding hydrogens is 284 g/mol. The minimum Gasteiger partial charge on any atom is -0.342 e. The van der Waals surface area contributed by atoms with Crippen LogP contribution in [0.1, 0.15) is 28.8 Å². The monoisotopic (exact) mass is 302 g/mol. The van der Waals surface area contributed by atoms with Gasteiger partial charge in [0.2, 0.25) is 0 Å². The fraction of sp³-hybridized carbons (Fsp3) is 0.294. The molecule has 0 saturated heterocycles. The van der Waals surface area contributed by atoms with E-state index < -0.39 is 0 Å². The average Bonchev–Trinajstić information content (AvgIpc) is 2.52. The molecule has 0 fully saturated rings. The molecule has 110 valence electrons. The van der Waals surface area contributed by atoms with E-state index >= 15 is 0 Å². The molecule has 2 rings (SSSR count). The number of benzene rings is 1. The molecule has 0 aliphatic heterocycles. The van der Waals surface area contributed by atoms with Crippen molar-refractivity contribution in [3.05, 3.63) is 64.9 Å². The van der Waals surface area contributed by atoms with Gasteiger partial charge < -0.3 is 4.90 Å². The van der Waals surface area contributed by atoms with E-state index in [0.29, 0.717) is 10.6 Å². The van der Waals surface area contributed by atoms with Crippen LogP contribution in [-0.4, -0.2) is 29.4 Å². The van der Waals surface area contributed by atoms with Gasteiger partial charge in [-0.1, -0.05) is 41.9 Å². The number of rotatable bonds is 6. The van der Waals surface area contributed by atoms with Crippen molar-refractivity contribution in [2.24, 2.45) is 0 Å². The van der Waals surface area contributed by atoms with Gasteiger partial charge in [0.25, 0.3) is 5.91 Å². The standard InChI is InChI=1S/C17H19ClN2O/c1-20(17(21)15-13-19-11-10-16(15)18)12-6-5-9-14-7-3-2-4-8-14/h2-4,7-8,10-11,13H,5-6,9,12H2,1H3. The Kier molecular flexibility index (Phi) is 5.76. The number of hydrogen-bond acceptors (Lipinski definition) is 2. The third kappa shape index (κ3) is 4.57. The van der Waals surface area contributed by atoms with Gasteiger partial charge in [-0.15, -0.1) is 0 Å². The van der Waals surface area contributed by atoms with Crippen LogP contribution in [0.25, 0.3) is 0 Å². The van der Waals surface area contributed by atoms with Crippen LogP contribution in [-0.2, 0) is 6.42 Å². The maximum Gasteiger partial charge on any atom is 0.256 e. The van der Waals surface area contributed by atoms with E-state index in [1.807, 2.05) is 6.07 Å². The Labute approximate surface area is 130 Å². The van der Waals surface area contributed by atoms with Crippen LogP contribution in [0.2, 0.25) is 5.02 Å². The summed E-state index contributed by atoms with van der Waals surface area (Å²) in [5.41, 5.74) is 1.80. The van der Waals surface area contributed by atoms with Gasteiger partial charge in [0.15, 0.2) is 0 Å². The van der Waals surface area contributed by atoms with Gasteiger partial charge in [-0.3, -0.25) is 9.78 Å². The summed E-state index contributed by atoms with van der Waals surface area (Å²) in [5.74, 6) is -0.0761. The molecule has 0 radical (unpaired) electrons. The number of pyridine rings is 1. The lowest BCUT2D eigenvalue weighted by atomic mass is 10.1. The van der Waals surface area contributed by atoms with Crippen molar-refractivity contribution in [2.45, 2.75) is 19.3 Å². The van der Waals surface area contributed by atoms with E-state index in [0.717, 1.165) is 25.8 Å². The summed E-state index contributed by atoms with van der Waals surface area (Å²) in [6, 6.07) is 12.0. The second kappa shape index (κ2) is 7.79. The van der Waals surface area contributed by atoms with Crippen molar-refractivity contribution >= 4 is 17.5 Å². The molecule has 1 aromatic carbocycles. The van der Waals surface area contributed by atoms with Crippen LogP contribution in [0.5, 0.6) is 0 Å². The number of amides is 1. The Hall–Kier alpha value is -1.87. The molecular formula is C17H19ClN2O. The minimum atomic E-state index is -0.0761. The fourth-order valence-electron chi connectivity index (χ4n) is 2.16. The Morgan fingerprint density at radius 3 is 2.67 bits per heavy atom. The van der Waals surface area contributed by atoms with Gasteiger partial charge in [0.1, 0.15) is 0 Å². The summed E-state index contributed by atoms with van der Waals surface area (Å²) in [5, 5.41) is 0.450. The third-order valence-corrected chi connectivity index (χ3v) is 3.73. The first-order valence-corrected chi connectivity index (χ1v) is 7.45. The molecule has 3 nitrogen and oxygen atoms in total. The lowest BCUT2D eigenvalue weighted by molar-refractivity contribution is 0.0792. The van der Waals surface area contributed by atoms with Crippen molar-refractivity contribution in [1.82, 2.24) is 9.88 Å². The highest BCUT2D eigenvalue weighted by Gasteiger charge is 2.14. The fourth-order valence-corrected chi connectivity index (χ4v) is 2.35. The number of aryl methyl sites for hydroxylation is 1. The largest absolute Gasteiger partial charge is 0.342 e. The van der Waals surface area contributed by atoms with Crippen LogP contribution >= 0.6 is 11.6 Å². The lowest BCUT2D eigenvalue weighted by Gasteiger charge is -2.17. The van der Waals surface area contributed by atoms with Crippen molar-refractivity contribution in [3.63, 3.8) is 0 Å². The summed E-state index contributed by atoms with van der Waals surface area (Å²) >= 11 is 6.02. The number of carbonyl (C=O) groups excluding carboxylic acids is 1. The van der Waals surface area contributed by atoms with Gasteiger partial charge in [-0.2, -0.15) is 0 Å². The summed E-state index contributed by atoms with van der Waals surface area (Å²) in [7, 11) is 1.80. The Morgan fingerprint density at radius 2 is 1.95 bits per heavy atom. The number of hydrogen-bond donors (Lipinski definition) is 0. The first-order chi connectivity index (χ1) is 10.2. The molecule has 1 amide bonds. The van der Waals surface area contributed by atoms with E-state index in [2.05, 4.69) is 29.2 Å². The first kappa shape index (κ1) is 15.5. The van der Waals surface area contributed by atoms with E-state index in [1.54, 1.807) is 24.2 Å². The predicted molar refractivity (Wildman–Crippen MR) is 85.6 cm³/mol. The topological polar surface area (TPSA) is 33.2 Å². The summed E-state index contributed by atoms with van der Waals surface area (Å²) in [4.78, 5) is 17.9. The van der Waals surface area contributed by atoms with Crippen LogP contribution in [0, 0.1) is 0 Å². The van der Waals surface area contributed by atoms with Gasteiger partial charge in [-0.25, -0.2) is 0 Å². The van der Waals surface area contributed by atoms with Gasteiger partial charge in [0, 0.05) is 26.0 Å². The molecule has 0 spiro atoms. The molecule has 0 atom stereocenters. The van der Waals surface area contributed by atoms with Crippen molar-refractivity contribution in [2.75, 3.05) is 13.6 Å². The highest BCUT2D eigenvalue weighted by atomic mass is 35.5. The molecule has 4 heteroatoms. The minimum absolute atomic E-state index is 0.0761. The van der Waals surface area contributed by atoms with E-state index in [9.17, 15) is 4.79 Å². The molecule has 0 bridgehead atoms. The summed E-state index contributed by atoms with van der Waals surface area (Å²) in [6.07, 6.45) is 6.16. The lowest BCUT2D eigenvalue weighted by Crippen LogP contribution is -2.28. The molecule has 0 aliphatic rings. The normalized spacial score (nSPS) is 10.4. The van der Waals surface area contributed by atoms with Gasteiger partial charge in [0.05, 0.1) is 10.6 Å². The molecule has 1 heterocycles. The highest BCUT2D eigenvalue weighted by molar-refractivity contribution is 6.33. The van der Waals surface area contributed by atoms with Gasteiger partial charge >= 0.3 is 0 Å². The number of nitrogens with zero attached hydrogens (tertiary/aromatic N) is 2. The van der Waals surface area contributed by atoms with Crippen molar-refractivity contribution < 1.29 is 4.79 Å². The zero-order chi connectivity index (χ0) is 15.1. The van der Waals surface area contributed by atoms with E-state index in [1.165, 1.54) is 11.8 Å². The highest BCUT2D eigenvalue weighted by Crippen LogP contribution is 2.15. The number of unbranched alkanes of at least 4 members (excludes halogenated alkanes) is 1. The first-order valence-electron chi connectivity index (χ1n) is 7.07. The molecule has 2 aromatic rings. The van der Waals surface area contributed by atoms with Crippen molar-refractivity contribution in [3.8, 4) is 0 Å². The summed E-state index contributed by atoms with van der Waals surface area (Å²) in [6.45, 7) is 0.719. The maximum absolute atomic E-state index is 12.2.